The number of nitrogens with zero attached hydrogens (tertiary/aromatic N) is 3. The summed E-state index contributed by atoms with van der Waals surface area (Å²) in [6.07, 6.45) is 3.42. The minimum Gasteiger partial charge on any atom is -0.496 e. The molecule has 3 aromatic rings. The van der Waals surface area contributed by atoms with E-state index in [0.29, 0.717) is 29.5 Å². The molecule has 7 heteroatoms. The average Bonchev–Trinajstić information content (AvgIpc) is 3.02. The molecule has 0 radical (unpaired) electrons. The molecule has 7 nitrogen and oxygen atoms in total. The molecule has 138 valence electrons. The van der Waals surface area contributed by atoms with Crippen LogP contribution in [0.5, 0.6) is 11.5 Å². The second-order valence-corrected chi connectivity index (χ2v) is 6.34. The third kappa shape index (κ3) is 3.01. The van der Waals surface area contributed by atoms with Gasteiger partial charge in [-0.1, -0.05) is 5.16 Å². The Balaban J connectivity index is 1.81. The molecule has 0 fully saturated rings. The number of amides is 1. The van der Waals surface area contributed by atoms with Crippen molar-refractivity contribution in [1.82, 2.24) is 10.1 Å². The first-order valence-corrected chi connectivity index (χ1v) is 8.56. The van der Waals surface area contributed by atoms with E-state index in [1.165, 1.54) is 0 Å². The predicted molar refractivity (Wildman–Crippen MR) is 98.9 cm³/mol. The summed E-state index contributed by atoms with van der Waals surface area (Å²) >= 11 is 0. The summed E-state index contributed by atoms with van der Waals surface area (Å²) in [4.78, 5) is 18.2. The molecule has 0 aliphatic carbocycles. The first-order valence-electron chi connectivity index (χ1n) is 8.56. The number of hydrogen-bond acceptors (Lipinski definition) is 6. The Morgan fingerprint density at radius 1 is 1.22 bits per heavy atom. The number of fused-ring (bicyclic) bond motifs is 1. The summed E-state index contributed by atoms with van der Waals surface area (Å²) in [5.41, 5.74) is 4.13. The molecule has 0 unspecified atom stereocenters. The number of aromatic nitrogens is 2. The van der Waals surface area contributed by atoms with Gasteiger partial charge >= 0.3 is 0 Å². The number of carbonyl (C=O) groups is 1. The van der Waals surface area contributed by atoms with Crippen molar-refractivity contribution < 1.29 is 18.8 Å². The second-order valence-electron chi connectivity index (χ2n) is 6.34. The summed E-state index contributed by atoms with van der Waals surface area (Å²) in [7, 11) is 1.60. The Morgan fingerprint density at radius 2 is 2.00 bits per heavy atom. The smallest absolute Gasteiger partial charge is 0.265 e. The molecule has 3 heterocycles. The lowest BCUT2D eigenvalue weighted by molar-refractivity contribution is -0.121. The van der Waals surface area contributed by atoms with Gasteiger partial charge in [0.25, 0.3) is 5.91 Å². The van der Waals surface area contributed by atoms with E-state index >= 15 is 0 Å². The molecular formula is C20H19N3O4. The van der Waals surface area contributed by atoms with E-state index < -0.39 is 0 Å². The first kappa shape index (κ1) is 17.1. The van der Waals surface area contributed by atoms with E-state index in [9.17, 15) is 4.79 Å². The fourth-order valence-corrected chi connectivity index (χ4v) is 3.30. The zero-order valence-electron chi connectivity index (χ0n) is 15.4. The van der Waals surface area contributed by atoms with E-state index in [0.717, 1.165) is 22.4 Å². The van der Waals surface area contributed by atoms with Crippen molar-refractivity contribution in [3.05, 3.63) is 53.7 Å². The Bertz CT molecular complexity index is 978. The molecule has 2 aromatic heterocycles. The molecule has 4 rings (SSSR count). The lowest BCUT2D eigenvalue weighted by Gasteiger charge is -2.30. The fourth-order valence-electron chi connectivity index (χ4n) is 3.30. The Morgan fingerprint density at radius 3 is 2.67 bits per heavy atom. The van der Waals surface area contributed by atoms with Gasteiger partial charge in [-0.05, 0) is 37.6 Å². The molecule has 1 aromatic carbocycles. The van der Waals surface area contributed by atoms with Gasteiger partial charge in [-0.3, -0.25) is 9.78 Å². The maximum Gasteiger partial charge on any atom is 0.265 e. The molecule has 0 spiro atoms. The SMILES string of the molecule is COc1cc2c(cc1-c1c(C)noc1C)OCC(=O)N2Cc1ccncc1. The Hall–Kier alpha value is -3.35. The minimum atomic E-state index is -0.105. The van der Waals surface area contributed by atoms with E-state index in [2.05, 4.69) is 10.1 Å². The number of rotatable bonds is 4. The molecule has 1 amide bonds. The molecule has 1 aliphatic rings. The van der Waals surface area contributed by atoms with E-state index in [-0.39, 0.29) is 12.5 Å². The molecule has 0 atom stereocenters. The number of methoxy groups -OCH3 is 1. The van der Waals surface area contributed by atoms with Crippen LogP contribution in [0.2, 0.25) is 0 Å². The first-order chi connectivity index (χ1) is 13.1. The number of ether oxygens (including phenoxy) is 2. The monoisotopic (exact) mass is 365 g/mol. The molecule has 0 saturated heterocycles. The van der Waals surface area contributed by atoms with Gasteiger partial charge in [0.05, 0.1) is 30.6 Å². The number of benzene rings is 1. The van der Waals surface area contributed by atoms with Crippen LogP contribution in [0.4, 0.5) is 5.69 Å². The molecular weight excluding hydrogens is 346 g/mol. The standard InChI is InChI=1S/C20H19N3O4/c1-12-20(13(2)27-22-12)15-8-18-16(9-17(15)25-3)23(19(24)11-26-18)10-14-4-6-21-7-5-14/h4-9H,10-11H2,1-3H3. The van der Waals surface area contributed by atoms with Crippen LogP contribution in [0.3, 0.4) is 0 Å². The molecule has 0 N–H and O–H groups in total. The highest BCUT2D eigenvalue weighted by Crippen LogP contribution is 2.44. The largest absolute Gasteiger partial charge is 0.496 e. The van der Waals surface area contributed by atoms with Crippen molar-refractivity contribution in [2.24, 2.45) is 0 Å². The van der Waals surface area contributed by atoms with E-state index in [1.54, 1.807) is 24.4 Å². The number of anilines is 1. The molecule has 27 heavy (non-hydrogen) atoms. The summed E-state index contributed by atoms with van der Waals surface area (Å²) in [6.45, 7) is 4.16. The van der Waals surface area contributed by atoms with Crippen molar-refractivity contribution in [3.8, 4) is 22.6 Å². The maximum atomic E-state index is 12.5. The van der Waals surface area contributed by atoms with Crippen LogP contribution in [0.1, 0.15) is 17.0 Å². The summed E-state index contributed by atoms with van der Waals surface area (Å²) in [5.74, 6) is 1.85. The average molecular weight is 365 g/mol. The van der Waals surface area contributed by atoms with E-state index in [1.807, 2.05) is 38.1 Å². The van der Waals surface area contributed by atoms with Gasteiger partial charge in [0.2, 0.25) is 0 Å². The van der Waals surface area contributed by atoms with Crippen LogP contribution >= 0.6 is 0 Å². The fraction of sp³-hybridized carbons (Fsp3) is 0.250. The van der Waals surface area contributed by atoms with Gasteiger partial charge in [0, 0.05) is 24.0 Å². The van der Waals surface area contributed by atoms with Gasteiger partial charge in [0.15, 0.2) is 6.61 Å². The molecule has 1 aliphatic heterocycles. The van der Waals surface area contributed by atoms with Gasteiger partial charge < -0.3 is 18.9 Å². The van der Waals surface area contributed by atoms with Crippen molar-refractivity contribution in [2.75, 3.05) is 18.6 Å². The topological polar surface area (TPSA) is 77.7 Å². The molecule has 0 saturated carbocycles. The lowest BCUT2D eigenvalue weighted by atomic mass is 10.0. The summed E-state index contributed by atoms with van der Waals surface area (Å²) in [5, 5.41) is 4.02. The van der Waals surface area contributed by atoms with Crippen LogP contribution in [0.15, 0.2) is 41.2 Å². The molecule has 0 bridgehead atoms. The Kier molecular flexibility index (Phi) is 4.27. The third-order valence-corrected chi connectivity index (χ3v) is 4.62. The van der Waals surface area contributed by atoms with Crippen LogP contribution in [0, 0.1) is 13.8 Å². The third-order valence-electron chi connectivity index (χ3n) is 4.62. The zero-order valence-corrected chi connectivity index (χ0v) is 15.4. The minimum absolute atomic E-state index is 0.00848. The summed E-state index contributed by atoms with van der Waals surface area (Å²) < 4.78 is 16.6. The highest BCUT2D eigenvalue weighted by Gasteiger charge is 2.29. The van der Waals surface area contributed by atoms with Crippen molar-refractivity contribution in [3.63, 3.8) is 0 Å². The van der Waals surface area contributed by atoms with Gasteiger partial charge in [0.1, 0.15) is 17.3 Å². The Labute approximate surface area is 156 Å². The van der Waals surface area contributed by atoms with Gasteiger partial charge in [-0.2, -0.15) is 0 Å². The second kappa shape index (κ2) is 6.75. The quantitative estimate of drug-likeness (QED) is 0.706. The van der Waals surface area contributed by atoms with Crippen molar-refractivity contribution in [1.29, 1.82) is 0 Å². The highest BCUT2D eigenvalue weighted by atomic mass is 16.5. The summed E-state index contributed by atoms with van der Waals surface area (Å²) in [6, 6.07) is 7.48. The van der Waals surface area contributed by atoms with Crippen LogP contribution in [0.25, 0.3) is 11.1 Å². The van der Waals surface area contributed by atoms with Crippen molar-refractivity contribution >= 4 is 11.6 Å². The van der Waals surface area contributed by atoms with E-state index in [4.69, 9.17) is 14.0 Å². The normalized spacial score (nSPS) is 13.3. The highest BCUT2D eigenvalue weighted by molar-refractivity contribution is 5.99. The maximum absolute atomic E-state index is 12.5. The predicted octanol–water partition coefficient (Wildman–Crippen LogP) is 3.29. The number of carbonyl (C=O) groups excluding carboxylic acids is 1. The van der Waals surface area contributed by atoms with Crippen molar-refractivity contribution in [2.45, 2.75) is 20.4 Å². The van der Waals surface area contributed by atoms with Crippen LogP contribution < -0.4 is 14.4 Å². The lowest BCUT2D eigenvalue weighted by Crippen LogP contribution is -2.38. The zero-order chi connectivity index (χ0) is 19.0. The number of aryl methyl sites for hydroxylation is 2. The van der Waals surface area contributed by atoms with Crippen LogP contribution in [-0.2, 0) is 11.3 Å². The number of pyridine rings is 1. The van der Waals surface area contributed by atoms with Gasteiger partial charge in [-0.15, -0.1) is 0 Å². The number of hydrogen-bond donors (Lipinski definition) is 0. The van der Waals surface area contributed by atoms with Gasteiger partial charge in [-0.25, -0.2) is 0 Å². The van der Waals surface area contributed by atoms with Crippen LogP contribution in [-0.4, -0.2) is 29.8 Å².